The molecule has 94 valence electrons. The van der Waals surface area contributed by atoms with Crippen LogP contribution in [-0.4, -0.2) is 32.2 Å². The number of ether oxygens (including phenoxy) is 1. The summed E-state index contributed by atoms with van der Waals surface area (Å²) in [5.41, 5.74) is 5.43. The van der Waals surface area contributed by atoms with Gasteiger partial charge < -0.3 is 15.8 Å². The van der Waals surface area contributed by atoms with E-state index in [1.165, 1.54) is 0 Å². The standard InChI is InChI=1S/C12H24N2O2/c1-4-10(7-16-3)14-11(15)12(8-13)5-9(2)6-12/h9-10H,4-8,13H2,1-3H3,(H,14,15). The van der Waals surface area contributed by atoms with E-state index < -0.39 is 0 Å². The zero-order chi connectivity index (χ0) is 12.2. The van der Waals surface area contributed by atoms with Crippen LogP contribution < -0.4 is 11.1 Å². The van der Waals surface area contributed by atoms with E-state index in [-0.39, 0.29) is 17.4 Å². The molecule has 4 nitrogen and oxygen atoms in total. The van der Waals surface area contributed by atoms with Gasteiger partial charge in [-0.3, -0.25) is 4.79 Å². The van der Waals surface area contributed by atoms with E-state index in [1.807, 2.05) is 6.92 Å². The first-order valence-electron chi connectivity index (χ1n) is 6.08. The van der Waals surface area contributed by atoms with Crippen molar-refractivity contribution in [1.82, 2.24) is 5.32 Å². The summed E-state index contributed by atoms with van der Waals surface area (Å²) in [6.45, 7) is 5.22. The minimum atomic E-state index is -0.305. The van der Waals surface area contributed by atoms with Crippen molar-refractivity contribution in [2.24, 2.45) is 17.1 Å². The molecule has 1 rings (SSSR count). The summed E-state index contributed by atoms with van der Waals surface area (Å²) in [5.74, 6) is 0.730. The van der Waals surface area contributed by atoms with Gasteiger partial charge in [0.2, 0.25) is 5.91 Å². The Hall–Kier alpha value is -0.610. The summed E-state index contributed by atoms with van der Waals surface area (Å²) in [5, 5.41) is 3.04. The number of methoxy groups -OCH3 is 1. The second-order valence-electron chi connectivity index (χ2n) is 5.03. The second kappa shape index (κ2) is 5.64. The molecular formula is C12H24N2O2. The Labute approximate surface area is 97.9 Å². The number of nitrogens with two attached hydrogens (primary N) is 1. The molecule has 1 fully saturated rings. The molecule has 1 aliphatic carbocycles. The number of carbonyl (C=O) groups excluding carboxylic acids is 1. The molecule has 1 unspecified atom stereocenters. The molecule has 0 aromatic carbocycles. The number of hydrogen-bond donors (Lipinski definition) is 2. The van der Waals surface area contributed by atoms with Crippen molar-refractivity contribution in [2.45, 2.75) is 39.2 Å². The maximum atomic E-state index is 12.1. The van der Waals surface area contributed by atoms with Crippen LogP contribution in [0.2, 0.25) is 0 Å². The lowest BCUT2D eigenvalue weighted by atomic mass is 9.62. The van der Waals surface area contributed by atoms with Crippen molar-refractivity contribution in [2.75, 3.05) is 20.3 Å². The second-order valence-corrected chi connectivity index (χ2v) is 5.03. The van der Waals surface area contributed by atoms with Crippen LogP contribution in [0.15, 0.2) is 0 Å². The molecule has 4 heteroatoms. The Balaban J connectivity index is 2.50. The van der Waals surface area contributed by atoms with Gasteiger partial charge in [-0.05, 0) is 25.2 Å². The van der Waals surface area contributed by atoms with Gasteiger partial charge in [0.25, 0.3) is 0 Å². The maximum absolute atomic E-state index is 12.1. The Kier molecular flexibility index (Phi) is 4.74. The fourth-order valence-corrected chi connectivity index (χ4v) is 2.52. The van der Waals surface area contributed by atoms with Crippen molar-refractivity contribution < 1.29 is 9.53 Å². The molecule has 1 atom stereocenters. The van der Waals surface area contributed by atoms with Crippen LogP contribution in [0, 0.1) is 11.3 Å². The van der Waals surface area contributed by atoms with Crippen molar-refractivity contribution in [1.29, 1.82) is 0 Å². The van der Waals surface area contributed by atoms with Crippen molar-refractivity contribution in [3.63, 3.8) is 0 Å². The highest BCUT2D eigenvalue weighted by atomic mass is 16.5. The number of amides is 1. The highest BCUT2D eigenvalue weighted by molar-refractivity contribution is 5.84. The number of carbonyl (C=O) groups is 1. The van der Waals surface area contributed by atoms with E-state index in [4.69, 9.17) is 10.5 Å². The maximum Gasteiger partial charge on any atom is 0.227 e. The highest BCUT2D eigenvalue weighted by Gasteiger charge is 2.47. The Bertz CT molecular complexity index is 237. The van der Waals surface area contributed by atoms with Gasteiger partial charge in [-0.15, -0.1) is 0 Å². The smallest absolute Gasteiger partial charge is 0.227 e. The largest absolute Gasteiger partial charge is 0.383 e. The molecule has 3 N–H and O–H groups in total. The predicted octanol–water partition coefficient (Wildman–Crippen LogP) is 0.903. The van der Waals surface area contributed by atoms with E-state index in [9.17, 15) is 4.79 Å². The third kappa shape index (κ3) is 2.74. The molecule has 0 heterocycles. The van der Waals surface area contributed by atoms with Gasteiger partial charge in [-0.1, -0.05) is 13.8 Å². The Morgan fingerprint density at radius 3 is 2.62 bits per heavy atom. The molecule has 0 saturated heterocycles. The topological polar surface area (TPSA) is 64.3 Å². The van der Waals surface area contributed by atoms with Crippen LogP contribution in [0.5, 0.6) is 0 Å². The zero-order valence-electron chi connectivity index (χ0n) is 10.6. The van der Waals surface area contributed by atoms with Crippen LogP contribution in [-0.2, 0) is 9.53 Å². The summed E-state index contributed by atoms with van der Waals surface area (Å²) in [6.07, 6.45) is 2.72. The van der Waals surface area contributed by atoms with Gasteiger partial charge in [0.05, 0.1) is 18.1 Å². The van der Waals surface area contributed by atoms with E-state index in [0.29, 0.717) is 19.1 Å². The van der Waals surface area contributed by atoms with Crippen LogP contribution in [0.4, 0.5) is 0 Å². The molecule has 1 aliphatic rings. The SMILES string of the molecule is CCC(COC)NC(=O)C1(CN)CC(C)C1. The first kappa shape index (κ1) is 13.5. The summed E-state index contributed by atoms with van der Waals surface area (Å²) >= 11 is 0. The van der Waals surface area contributed by atoms with E-state index >= 15 is 0 Å². The first-order valence-corrected chi connectivity index (χ1v) is 6.08. The third-order valence-corrected chi connectivity index (χ3v) is 3.55. The van der Waals surface area contributed by atoms with Crippen LogP contribution in [0.3, 0.4) is 0 Å². The van der Waals surface area contributed by atoms with Crippen molar-refractivity contribution in [3.05, 3.63) is 0 Å². The van der Waals surface area contributed by atoms with E-state index in [2.05, 4.69) is 12.2 Å². The Morgan fingerprint density at radius 2 is 2.25 bits per heavy atom. The van der Waals surface area contributed by atoms with Gasteiger partial charge >= 0.3 is 0 Å². The fraction of sp³-hybridized carbons (Fsp3) is 0.917. The van der Waals surface area contributed by atoms with Crippen LogP contribution in [0.25, 0.3) is 0 Å². The fourth-order valence-electron chi connectivity index (χ4n) is 2.52. The molecule has 0 aliphatic heterocycles. The molecule has 0 spiro atoms. The number of nitrogens with one attached hydrogen (secondary N) is 1. The van der Waals surface area contributed by atoms with E-state index in [1.54, 1.807) is 7.11 Å². The average Bonchev–Trinajstić information content (AvgIpc) is 2.23. The van der Waals surface area contributed by atoms with Gasteiger partial charge in [0.15, 0.2) is 0 Å². The molecule has 0 aromatic rings. The minimum Gasteiger partial charge on any atom is -0.383 e. The van der Waals surface area contributed by atoms with E-state index in [0.717, 1.165) is 19.3 Å². The molecule has 1 amide bonds. The minimum absolute atomic E-state index is 0.108. The highest BCUT2D eigenvalue weighted by Crippen LogP contribution is 2.44. The summed E-state index contributed by atoms with van der Waals surface area (Å²) < 4.78 is 5.07. The van der Waals surface area contributed by atoms with Crippen LogP contribution in [0.1, 0.15) is 33.1 Å². The molecule has 16 heavy (non-hydrogen) atoms. The zero-order valence-corrected chi connectivity index (χ0v) is 10.6. The summed E-state index contributed by atoms with van der Waals surface area (Å²) in [6, 6.07) is 0.108. The van der Waals surface area contributed by atoms with Crippen molar-refractivity contribution >= 4 is 5.91 Å². The molecular weight excluding hydrogens is 204 g/mol. The first-order chi connectivity index (χ1) is 7.57. The summed E-state index contributed by atoms with van der Waals surface area (Å²) in [4.78, 5) is 12.1. The van der Waals surface area contributed by atoms with Gasteiger partial charge in [-0.2, -0.15) is 0 Å². The number of hydrogen-bond acceptors (Lipinski definition) is 3. The monoisotopic (exact) mass is 228 g/mol. The van der Waals surface area contributed by atoms with Crippen molar-refractivity contribution in [3.8, 4) is 0 Å². The number of rotatable bonds is 6. The lowest BCUT2D eigenvalue weighted by Crippen LogP contribution is -2.55. The van der Waals surface area contributed by atoms with Crippen LogP contribution >= 0.6 is 0 Å². The molecule has 1 saturated carbocycles. The van der Waals surface area contributed by atoms with Gasteiger partial charge in [0.1, 0.15) is 0 Å². The molecule has 0 radical (unpaired) electrons. The lowest BCUT2D eigenvalue weighted by Gasteiger charge is -2.44. The summed E-state index contributed by atoms with van der Waals surface area (Å²) in [7, 11) is 1.65. The lowest BCUT2D eigenvalue weighted by molar-refractivity contribution is -0.139. The average molecular weight is 228 g/mol. The normalized spacial score (nSPS) is 30.6. The quantitative estimate of drug-likeness (QED) is 0.710. The third-order valence-electron chi connectivity index (χ3n) is 3.55. The molecule has 0 aromatic heterocycles. The predicted molar refractivity (Wildman–Crippen MR) is 64.0 cm³/mol. The van der Waals surface area contributed by atoms with Gasteiger partial charge in [-0.25, -0.2) is 0 Å². The Morgan fingerprint density at radius 1 is 1.62 bits per heavy atom. The van der Waals surface area contributed by atoms with Gasteiger partial charge in [0, 0.05) is 13.7 Å². The molecule has 0 bridgehead atoms.